The van der Waals surface area contributed by atoms with E-state index in [0.29, 0.717) is 5.56 Å². The molecule has 1 heterocycles. The van der Waals surface area contributed by atoms with Gasteiger partial charge in [0.05, 0.1) is 13.2 Å². The van der Waals surface area contributed by atoms with E-state index in [4.69, 9.17) is 9.94 Å². The van der Waals surface area contributed by atoms with E-state index in [2.05, 4.69) is 22.1 Å². The lowest BCUT2D eigenvalue weighted by Crippen LogP contribution is -2.61. The van der Waals surface area contributed by atoms with Gasteiger partial charge in [0.25, 0.3) is 18.2 Å². The van der Waals surface area contributed by atoms with E-state index in [1.54, 1.807) is 12.1 Å². The van der Waals surface area contributed by atoms with Crippen LogP contribution in [0.4, 0.5) is 8.78 Å². The van der Waals surface area contributed by atoms with Crippen molar-refractivity contribution in [2.45, 2.75) is 38.9 Å². The molecule has 2 aromatic rings. The third kappa shape index (κ3) is 8.32. The van der Waals surface area contributed by atoms with E-state index in [1.165, 1.54) is 30.1 Å². The molecule has 11 heteroatoms. The van der Waals surface area contributed by atoms with Crippen LogP contribution in [0.15, 0.2) is 48.5 Å². The highest BCUT2D eigenvalue weighted by Crippen LogP contribution is 2.16. The van der Waals surface area contributed by atoms with Crippen molar-refractivity contribution >= 4 is 17.7 Å². The fourth-order valence-corrected chi connectivity index (χ4v) is 4.27. The van der Waals surface area contributed by atoms with Crippen molar-refractivity contribution < 1.29 is 33.1 Å². The number of morpholine rings is 1. The van der Waals surface area contributed by atoms with Crippen LogP contribution in [0.5, 0.6) is 0 Å². The minimum Gasteiger partial charge on any atom is -0.379 e. The number of halogens is 2. The van der Waals surface area contributed by atoms with E-state index in [9.17, 15) is 23.2 Å². The van der Waals surface area contributed by atoms with Gasteiger partial charge in [0.1, 0.15) is 12.1 Å². The topological polar surface area (TPSA) is 111 Å². The summed E-state index contributed by atoms with van der Waals surface area (Å²) in [7, 11) is 0. The molecule has 9 nitrogen and oxygen atoms in total. The summed E-state index contributed by atoms with van der Waals surface area (Å²) in [6, 6.07) is 10.1. The molecule has 3 N–H and O–H groups in total. The van der Waals surface area contributed by atoms with Gasteiger partial charge >= 0.3 is 0 Å². The molecule has 3 rings (SSSR count). The summed E-state index contributed by atoms with van der Waals surface area (Å²) in [6.45, 7) is 6.58. The third-order valence-electron chi connectivity index (χ3n) is 6.35. The number of ether oxygens (including phenoxy) is 1. The zero-order valence-electron chi connectivity index (χ0n) is 21.8. The lowest BCUT2D eigenvalue weighted by atomic mass is 10.0. The van der Waals surface area contributed by atoms with Crippen molar-refractivity contribution in [3.05, 3.63) is 70.8 Å². The van der Waals surface area contributed by atoms with Gasteiger partial charge < -0.3 is 15.0 Å². The average molecular weight is 543 g/mol. The Balaban J connectivity index is 1.67. The monoisotopic (exact) mass is 542 g/mol. The molecule has 0 spiro atoms. The predicted molar refractivity (Wildman–Crippen MR) is 139 cm³/mol. The number of benzene rings is 2. The number of hydroxylamine groups is 1. The fraction of sp³-hybridized carbons (Fsp3) is 0.393. The van der Waals surface area contributed by atoms with Crippen LogP contribution in [-0.4, -0.2) is 84.1 Å². The maximum atomic E-state index is 13.9. The molecule has 1 aliphatic heterocycles. The number of nitrogens with zero attached hydrogens (tertiary/aromatic N) is 2. The summed E-state index contributed by atoms with van der Waals surface area (Å²) in [5, 5.41) is 11.3. The molecule has 0 aromatic heterocycles. The first-order chi connectivity index (χ1) is 18.7. The number of alkyl halides is 2. The highest BCUT2D eigenvalue weighted by molar-refractivity contribution is 5.98. The molecular formula is C28H32F2N4O5. The second-order valence-corrected chi connectivity index (χ2v) is 8.97. The van der Waals surface area contributed by atoms with E-state index < -0.39 is 36.2 Å². The van der Waals surface area contributed by atoms with E-state index in [1.807, 2.05) is 24.3 Å². The van der Waals surface area contributed by atoms with Gasteiger partial charge in [-0.05, 0) is 48.9 Å². The maximum Gasteiger partial charge on any atom is 0.268 e. The number of rotatable bonds is 9. The Hall–Kier alpha value is -3.85. The maximum absolute atomic E-state index is 13.9. The minimum absolute atomic E-state index is 0.0858. The predicted octanol–water partition coefficient (Wildman–Crippen LogP) is 2.02. The lowest BCUT2D eigenvalue weighted by Gasteiger charge is -2.34. The zero-order valence-corrected chi connectivity index (χ0v) is 21.8. The quantitative estimate of drug-likeness (QED) is 0.254. The number of likely N-dealkylation sites (N-methyl/N-ethyl adjacent to an activating group) is 1. The number of amides is 3. The van der Waals surface area contributed by atoms with Gasteiger partial charge in [0, 0.05) is 49.8 Å². The van der Waals surface area contributed by atoms with Gasteiger partial charge in [-0.15, -0.1) is 0 Å². The summed E-state index contributed by atoms with van der Waals surface area (Å²) in [5.74, 6) is 3.27. The van der Waals surface area contributed by atoms with Crippen LogP contribution >= 0.6 is 0 Å². The Morgan fingerprint density at radius 2 is 1.59 bits per heavy atom. The highest BCUT2D eigenvalue weighted by Gasteiger charge is 2.41. The Labute approximate surface area is 226 Å². The van der Waals surface area contributed by atoms with Crippen LogP contribution in [0, 0.1) is 11.8 Å². The standard InChI is InChI=1S/C28H32F2N4O5/c1-3-34(19(2)35)25(26(29)30)24(28(37)32-38)31-27(36)23-12-10-21(11-13-23)5-4-20-6-8-22(9-7-20)18-33-14-16-39-17-15-33/h6-13,24-26,38H,3,14-18H2,1-2H3,(H,31,36)(H,32,37). The number of hydrogen-bond donors (Lipinski definition) is 3. The van der Waals surface area contributed by atoms with Gasteiger partial charge in [0.2, 0.25) is 5.91 Å². The Kier molecular flexibility index (Phi) is 10.9. The van der Waals surface area contributed by atoms with Crippen molar-refractivity contribution in [3.63, 3.8) is 0 Å². The molecule has 1 fully saturated rings. The molecule has 2 atom stereocenters. The number of carbonyl (C=O) groups excluding carboxylic acids is 3. The van der Waals surface area contributed by atoms with Gasteiger partial charge in [-0.2, -0.15) is 0 Å². The van der Waals surface area contributed by atoms with Crippen molar-refractivity contribution in [3.8, 4) is 11.8 Å². The zero-order chi connectivity index (χ0) is 28.4. The van der Waals surface area contributed by atoms with E-state index >= 15 is 0 Å². The molecule has 1 aliphatic rings. The van der Waals surface area contributed by atoms with Gasteiger partial charge in [-0.3, -0.25) is 24.5 Å². The largest absolute Gasteiger partial charge is 0.379 e. The number of nitrogens with one attached hydrogen (secondary N) is 2. The van der Waals surface area contributed by atoms with Crippen molar-refractivity contribution in [1.29, 1.82) is 0 Å². The molecule has 1 saturated heterocycles. The summed E-state index contributed by atoms with van der Waals surface area (Å²) in [4.78, 5) is 39.9. The molecule has 0 radical (unpaired) electrons. The molecule has 0 saturated carbocycles. The molecule has 2 aromatic carbocycles. The number of hydrogen-bond acceptors (Lipinski definition) is 6. The summed E-state index contributed by atoms with van der Waals surface area (Å²) >= 11 is 0. The Morgan fingerprint density at radius 1 is 1.03 bits per heavy atom. The second-order valence-electron chi connectivity index (χ2n) is 8.97. The number of carbonyl (C=O) groups is 3. The van der Waals surface area contributed by atoms with E-state index in [-0.39, 0.29) is 12.1 Å². The molecule has 0 aliphatic carbocycles. The summed E-state index contributed by atoms with van der Waals surface area (Å²) in [6.07, 6.45) is -3.16. The molecule has 39 heavy (non-hydrogen) atoms. The van der Waals surface area contributed by atoms with Gasteiger partial charge in [-0.25, -0.2) is 14.3 Å². The van der Waals surface area contributed by atoms with Crippen molar-refractivity contribution in [2.24, 2.45) is 0 Å². The second kappa shape index (κ2) is 14.3. The van der Waals surface area contributed by atoms with Gasteiger partial charge in [0.15, 0.2) is 0 Å². The first-order valence-electron chi connectivity index (χ1n) is 12.5. The molecular weight excluding hydrogens is 510 g/mol. The smallest absolute Gasteiger partial charge is 0.268 e. The molecule has 3 amide bonds. The lowest BCUT2D eigenvalue weighted by molar-refractivity contribution is -0.142. The fourth-order valence-electron chi connectivity index (χ4n) is 4.27. The summed E-state index contributed by atoms with van der Waals surface area (Å²) in [5.41, 5.74) is 4.00. The van der Waals surface area contributed by atoms with E-state index in [0.717, 1.165) is 50.2 Å². The normalized spacial score (nSPS) is 15.0. The highest BCUT2D eigenvalue weighted by atomic mass is 19.3. The van der Waals surface area contributed by atoms with Crippen molar-refractivity contribution in [1.82, 2.24) is 20.6 Å². The molecule has 208 valence electrons. The Morgan fingerprint density at radius 3 is 2.08 bits per heavy atom. The molecule has 2 unspecified atom stereocenters. The SMILES string of the molecule is CCN(C(C)=O)C(C(F)F)C(NC(=O)c1ccc(C#Cc2ccc(CN3CCOCC3)cc2)cc1)C(=O)NO. The van der Waals surface area contributed by atoms with Crippen LogP contribution in [-0.2, 0) is 20.9 Å². The average Bonchev–Trinajstić information content (AvgIpc) is 2.94. The van der Waals surface area contributed by atoms with Crippen molar-refractivity contribution in [2.75, 3.05) is 32.8 Å². The van der Waals surface area contributed by atoms with Crippen LogP contribution in [0.1, 0.15) is 40.9 Å². The van der Waals surface area contributed by atoms with Crippen LogP contribution in [0.2, 0.25) is 0 Å². The molecule has 0 bridgehead atoms. The summed E-state index contributed by atoms with van der Waals surface area (Å²) < 4.78 is 33.1. The first kappa shape index (κ1) is 29.7. The van der Waals surface area contributed by atoms with Crippen LogP contribution < -0.4 is 10.8 Å². The van der Waals surface area contributed by atoms with Gasteiger partial charge in [-0.1, -0.05) is 24.0 Å². The Bertz CT molecular complexity index is 1190. The van der Waals surface area contributed by atoms with Crippen LogP contribution in [0.3, 0.4) is 0 Å². The first-order valence-corrected chi connectivity index (χ1v) is 12.5. The van der Waals surface area contributed by atoms with Crippen LogP contribution in [0.25, 0.3) is 0 Å². The minimum atomic E-state index is -3.16. The third-order valence-corrected chi connectivity index (χ3v) is 6.35.